The molecule has 4 nitrogen and oxygen atoms in total. The van der Waals surface area contributed by atoms with E-state index in [2.05, 4.69) is 11.4 Å². The Labute approximate surface area is 141 Å². The highest BCUT2D eigenvalue weighted by Gasteiger charge is 2.29. The van der Waals surface area contributed by atoms with E-state index in [9.17, 15) is 5.11 Å². The molecule has 1 aliphatic heterocycles. The molecule has 3 rings (SSSR count). The predicted molar refractivity (Wildman–Crippen MR) is 89.6 cm³/mol. The normalized spacial score (nSPS) is 16.7. The molecule has 0 bridgehead atoms. The second-order valence-corrected chi connectivity index (χ2v) is 6.03. The van der Waals surface area contributed by atoms with Crippen LogP contribution in [0.25, 0.3) is 0 Å². The lowest BCUT2D eigenvalue weighted by Crippen LogP contribution is -2.87. The van der Waals surface area contributed by atoms with E-state index in [1.165, 1.54) is 5.56 Å². The van der Waals surface area contributed by atoms with Crippen LogP contribution in [0, 0.1) is 0 Å². The average Bonchev–Trinajstić information content (AvgIpc) is 2.56. The van der Waals surface area contributed by atoms with Crippen LogP contribution in [0.4, 0.5) is 0 Å². The van der Waals surface area contributed by atoms with Crippen LogP contribution < -0.4 is 14.8 Å². The molecule has 0 spiro atoms. The Hall–Kier alpha value is -1.91. The summed E-state index contributed by atoms with van der Waals surface area (Å²) in [6.07, 6.45) is 0.956. The molecule has 23 heavy (non-hydrogen) atoms. The number of aromatic hydroxyl groups is 1. The molecule has 0 fully saturated rings. The van der Waals surface area contributed by atoms with Gasteiger partial charge in [-0.2, -0.15) is 0 Å². The van der Waals surface area contributed by atoms with Crippen molar-refractivity contribution in [3.63, 3.8) is 0 Å². The van der Waals surface area contributed by atoms with Crippen molar-refractivity contribution < 1.29 is 19.9 Å². The fraction of sp³-hybridized carbons (Fsp3) is 0.333. The highest BCUT2D eigenvalue weighted by molar-refractivity contribution is 6.30. The second kappa shape index (κ2) is 6.69. The van der Waals surface area contributed by atoms with Crippen LogP contribution in [-0.4, -0.2) is 25.4 Å². The highest BCUT2D eigenvalue weighted by Crippen LogP contribution is 2.38. The van der Waals surface area contributed by atoms with Gasteiger partial charge in [-0.1, -0.05) is 11.6 Å². The first-order valence-corrected chi connectivity index (χ1v) is 8.17. The Balaban J connectivity index is 2.09. The summed E-state index contributed by atoms with van der Waals surface area (Å²) >= 11 is 6.12. The molecule has 122 valence electrons. The van der Waals surface area contributed by atoms with E-state index in [0.717, 1.165) is 29.8 Å². The van der Waals surface area contributed by atoms with Crippen LogP contribution in [0.5, 0.6) is 17.2 Å². The molecule has 1 atom stereocenters. The third kappa shape index (κ3) is 3.09. The number of ether oxygens (including phenoxy) is 2. The van der Waals surface area contributed by atoms with Gasteiger partial charge in [0.1, 0.15) is 11.8 Å². The van der Waals surface area contributed by atoms with Crippen LogP contribution in [0.15, 0.2) is 30.3 Å². The van der Waals surface area contributed by atoms with E-state index in [0.29, 0.717) is 17.4 Å². The number of phenolic OH excluding ortho intramolecular Hbond substituents is 1. The molecule has 2 aromatic rings. The third-order valence-electron chi connectivity index (χ3n) is 4.20. The molecular formula is C18H21ClNO3+. The number of methoxy groups -OCH3 is 1. The Bertz CT molecular complexity index is 718. The molecule has 1 aliphatic rings. The minimum absolute atomic E-state index is 0.00188. The van der Waals surface area contributed by atoms with Crippen LogP contribution in [0.1, 0.15) is 29.7 Å². The fourth-order valence-corrected chi connectivity index (χ4v) is 3.33. The van der Waals surface area contributed by atoms with Gasteiger partial charge in [-0.3, -0.25) is 0 Å². The summed E-state index contributed by atoms with van der Waals surface area (Å²) in [4.78, 5) is 0. The number of hydrogen-bond donors (Lipinski definition) is 2. The van der Waals surface area contributed by atoms with Crippen LogP contribution >= 0.6 is 11.6 Å². The monoisotopic (exact) mass is 334 g/mol. The number of rotatable bonds is 4. The smallest absolute Gasteiger partial charge is 0.161 e. The van der Waals surface area contributed by atoms with Crippen molar-refractivity contribution >= 4 is 11.6 Å². The third-order valence-corrected chi connectivity index (χ3v) is 4.44. The lowest BCUT2D eigenvalue weighted by Gasteiger charge is -2.26. The Morgan fingerprint density at radius 1 is 1.22 bits per heavy atom. The number of benzene rings is 2. The zero-order valence-corrected chi connectivity index (χ0v) is 14.1. The molecule has 5 heteroatoms. The maximum Gasteiger partial charge on any atom is 0.161 e. The first-order chi connectivity index (χ1) is 11.1. The van der Waals surface area contributed by atoms with Gasteiger partial charge in [0.15, 0.2) is 11.5 Å². The molecule has 0 radical (unpaired) electrons. The van der Waals surface area contributed by atoms with Crippen molar-refractivity contribution in [3.05, 3.63) is 52.0 Å². The summed E-state index contributed by atoms with van der Waals surface area (Å²) in [7, 11) is 1.64. The molecule has 1 heterocycles. The maximum absolute atomic E-state index is 10.2. The van der Waals surface area contributed by atoms with Gasteiger partial charge in [0.05, 0.1) is 25.8 Å². The van der Waals surface area contributed by atoms with E-state index in [-0.39, 0.29) is 11.8 Å². The lowest BCUT2D eigenvalue weighted by atomic mass is 9.89. The van der Waals surface area contributed by atoms with Crippen molar-refractivity contribution in [1.82, 2.24) is 0 Å². The quantitative estimate of drug-likeness (QED) is 0.903. The Morgan fingerprint density at radius 3 is 2.78 bits per heavy atom. The van der Waals surface area contributed by atoms with Crippen LogP contribution in [0.3, 0.4) is 0 Å². The fourth-order valence-electron chi connectivity index (χ4n) is 3.15. The molecule has 0 aliphatic carbocycles. The predicted octanol–water partition coefficient (Wildman–Crippen LogP) is 2.66. The van der Waals surface area contributed by atoms with E-state index >= 15 is 0 Å². The van der Waals surface area contributed by atoms with Gasteiger partial charge >= 0.3 is 0 Å². The summed E-state index contributed by atoms with van der Waals surface area (Å²) in [5.74, 6) is 1.74. The van der Waals surface area contributed by atoms with Crippen molar-refractivity contribution in [1.29, 1.82) is 0 Å². The largest absolute Gasteiger partial charge is 0.507 e. The van der Waals surface area contributed by atoms with Gasteiger partial charge in [0.25, 0.3) is 0 Å². The van der Waals surface area contributed by atoms with Crippen molar-refractivity contribution in [2.45, 2.75) is 19.4 Å². The second-order valence-electron chi connectivity index (χ2n) is 5.59. The van der Waals surface area contributed by atoms with Gasteiger partial charge in [-0.15, -0.1) is 0 Å². The van der Waals surface area contributed by atoms with E-state index in [1.807, 2.05) is 19.1 Å². The minimum atomic E-state index is 0.00188. The summed E-state index contributed by atoms with van der Waals surface area (Å²) in [5.41, 5.74) is 3.18. The molecule has 0 saturated heterocycles. The van der Waals surface area contributed by atoms with Crippen molar-refractivity contribution in [2.75, 3.05) is 20.3 Å². The van der Waals surface area contributed by atoms with Crippen molar-refractivity contribution in [2.24, 2.45) is 0 Å². The van der Waals surface area contributed by atoms with E-state index < -0.39 is 0 Å². The standard InChI is InChI=1S/C18H20ClNO3/c1-3-23-17-8-11-6-7-20-18(13(11)10-16(17)22-2)14-9-12(19)4-5-15(14)21/h4-5,8-10,18,20-21H,3,6-7H2,1-2H3/p+1/t18-/m1/s1. The number of quaternary nitrogens is 1. The van der Waals surface area contributed by atoms with E-state index in [1.54, 1.807) is 19.2 Å². The van der Waals surface area contributed by atoms with Gasteiger partial charge in [0, 0.05) is 17.0 Å². The molecule has 0 aromatic heterocycles. The minimum Gasteiger partial charge on any atom is -0.507 e. The van der Waals surface area contributed by atoms with Crippen LogP contribution in [-0.2, 0) is 6.42 Å². The first-order valence-electron chi connectivity index (χ1n) is 7.79. The first kappa shape index (κ1) is 16.0. The average molecular weight is 335 g/mol. The molecule has 2 aromatic carbocycles. The van der Waals surface area contributed by atoms with Gasteiger partial charge < -0.3 is 19.9 Å². The molecule has 0 unspecified atom stereocenters. The SMILES string of the molecule is CCOc1cc2c(cc1OC)[C@H](c1cc(Cl)ccc1O)[NH2+]CC2. The summed E-state index contributed by atoms with van der Waals surface area (Å²) < 4.78 is 11.1. The summed E-state index contributed by atoms with van der Waals surface area (Å²) in [6, 6.07) is 9.24. The van der Waals surface area contributed by atoms with Gasteiger partial charge in [0.2, 0.25) is 0 Å². The number of halogens is 1. The zero-order chi connectivity index (χ0) is 16.4. The zero-order valence-electron chi connectivity index (χ0n) is 13.3. The van der Waals surface area contributed by atoms with E-state index in [4.69, 9.17) is 21.1 Å². The number of hydrogen-bond acceptors (Lipinski definition) is 3. The Kier molecular flexibility index (Phi) is 4.64. The van der Waals surface area contributed by atoms with Crippen LogP contribution in [0.2, 0.25) is 5.02 Å². The summed E-state index contributed by atoms with van der Waals surface area (Å²) in [6.45, 7) is 3.50. The molecular weight excluding hydrogens is 314 g/mol. The summed E-state index contributed by atoms with van der Waals surface area (Å²) in [5, 5.41) is 13.1. The lowest BCUT2D eigenvalue weighted by molar-refractivity contribution is -0.690. The number of phenols is 1. The maximum atomic E-state index is 10.2. The van der Waals surface area contributed by atoms with Gasteiger partial charge in [-0.25, -0.2) is 0 Å². The molecule has 0 saturated carbocycles. The van der Waals surface area contributed by atoms with Crippen molar-refractivity contribution in [3.8, 4) is 17.2 Å². The number of nitrogens with two attached hydrogens (primary N) is 1. The molecule has 0 amide bonds. The van der Waals surface area contributed by atoms with Gasteiger partial charge in [-0.05, 0) is 42.8 Å². The number of fused-ring (bicyclic) bond motifs is 1. The molecule has 3 N–H and O–H groups in total. The Morgan fingerprint density at radius 2 is 2.04 bits per heavy atom. The topological polar surface area (TPSA) is 55.3 Å². The highest BCUT2D eigenvalue weighted by atomic mass is 35.5.